The summed E-state index contributed by atoms with van der Waals surface area (Å²) in [5.41, 5.74) is 0.616. The van der Waals surface area contributed by atoms with Crippen molar-refractivity contribution in [1.82, 2.24) is 15.5 Å². The zero-order chi connectivity index (χ0) is 21.0. The molecule has 29 heavy (non-hydrogen) atoms. The Morgan fingerprint density at radius 1 is 1.17 bits per heavy atom. The maximum Gasteiger partial charge on any atom is 0.394 e. The van der Waals surface area contributed by atoms with Crippen molar-refractivity contribution in [3.05, 3.63) is 65.8 Å². The van der Waals surface area contributed by atoms with E-state index in [1.165, 1.54) is 36.4 Å². The summed E-state index contributed by atoms with van der Waals surface area (Å²) in [5, 5.41) is 19.7. The molecule has 0 aliphatic rings. The van der Waals surface area contributed by atoms with E-state index in [-0.39, 0.29) is 23.1 Å². The second-order valence-corrected chi connectivity index (χ2v) is 6.10. The van der Waals surface area contributed by atoms with Crippen molar-refractivity contribution in [2.24, 2.45) is 0 Å². The number of nitrogens with one attached hydrogen (secondary N) is 1. The van der Waals surface area contributed by atoms with Crippen LogP contribution >= 0.6 is 0 Å². The fraction of sp³-hybridized carbons (Fsp3) is 0.211. The van der Waals surface area contributed by atoms with E-state index >= 15 is 0 Å². The number of halogens is 3. The number of hydrogen-bond acceptors (Lipinski definition) is 6. The Labute approximate surface area is 163 Å². The number of aliphatic hydroxyl groups is 1. The maximum atomic E-state index is 13.0. The van der Waals surface area contributed by atoms with Gasteiger partial charge in [0.25, 0.3) is 5.91 Å². The molecule has 2 N–H and O–H groups in total. The summed E-state index contributed by atoms with van der Waals surface area (Å²) in [6.45, 7) is 0.105. The monoisotopic (exact) mass is 407 g/mol. The number of benzene rings is 2. The van der Waals surface area contributed by atoms with Gasteiger partial charge >= 0.3 is 6.11 Å². The molecule has 0 saturated heterocycles. The van der Waals surface area contributed by atoms with Gasteiger partial charge in [-0.3, -0.25) is 4.79 Å². The fourth-order valence-electron chi connectivity index (χ4n) is 2.39. The molecule has 7 nitrogen and oxygen atoms in total. The molecule has 1 aromatic heterocycles. The largest absolute Gasteiger partial charge is 0.433 e. The molecule has 3 rings (SSSR count). The number of amides is 1. The number of aliphatic hydroxyl groups excluding tert-OH is 1. The van der Waals surface area contributed by atoms with Crippen LogP contribution in [0.25, 0.3) is 11.5 Å². The number of aromatic nitrogens is 2. The molecule has 2 aromatic carbocycles. The molecule has 0 aliphatic carbocycles. The molecular weight excluding hydrogens is 391 g/mol. The minimum Gasteiger partial charge on any atom is -0.433 e. The van der Waals surface area contributed by atoms with Crippen LogP contribution in [0.2, 0.25) is 0 Å². The summed E-state index contributed by atoms with van der Waals surface area (Å²) in [6.07, 6.45) is -3.31. The topological polar surface area (TPSA) is 97.5 Å². The van der Waals surface area contributed by atoms with Crippen LogP contribution in [0.1, 0.15) is 29.2 Å². The summed E-state index contributed by atoms with van der Waals surface area (Å²) in [6, 6.07) is 9.39. The third-order valence-corrected chi connectivity index (χ3v) is 3.73. The smallest absolute Gasteiger partial charge is 0.394 e. The average Bonchev–Trinajstić information content (AvgIpc) is 3.15. The average molecular weight is 407 g/mol. The van der Waals surface area contributed by atoms with Crippen molar-refractivity contribution < 1.29 is 32.2 Å². The van der Waals surface area contributed by atoms with E-state index in [2.05, 4.69) is 20.3 Å². The number of carbonyl (C=O) groups excluding carboxylic acids is 1. The lowest BCUT2D eigenvalue weighted by Crippen LogP contribution is -2.31. The summed E-state index contributed by atoms with van der Waals surface area (Å²) in [4.78, 5) is 12.2. The molecule has 3 aromatic rings. The quantitative estimate of drug-likeness (QED) is 0.624. The van der Waals surface area contributed by atoms with E-state index in [0.29, 0.717) is 12.5 Å². The normalized spacial score (nSPS) is 12.4. The van der Waals surface area contributed by atoms with Gasteiger partial charge in [0, 0.05) is 18.1 Å². The van der Waals surface area contributed by atoms with Gasteiger partial charge in [0.1, 0.15) is 17.6 Å². The predicted octanol–water partition coefficient (Wildman–Crippen LogP) is 3.33. The first kappa shape index (κ1) is 20.3. The lowest BCUT2D eigenvalue weighted by Gasteiger charge is -2.13. The molecule has 1 amide bonds. The van der Waals surface area contributed by atoms with Gasteiger partial charge < -0.3 is 19.6 Å². The van der Waals surface area contributed by atoms with Gasteiger partial charge in [-0.2, -0.15) is 8.78 Å². The standard InChI is InChI=1S/C19H16F3N3O4/c1-19(21,22)29-14-8-4-12(5-9-14)17-24-25-18(28-17)15(10-26)23-16(27)11-2-6-13(20)7-3-11/h2-9,15,26H,10H2,1H3,(H,23,27)/t15-/m0/s1. The van der Waals surface area contributed by atoms with E-state index in [4.69, 9.17) is 4.42 Å². The number of carbonyl (C=O) groups is 1. The van der Waals surface area contributed by atoms with Gasteiger partial charge in [0.2, 0.25) is 11.8 Å². The molecule has 10 heteroatoms. The Bertz CT molecular complexity index is 970. The Morgan fingerprint density at radius 3 is 2.41 bits per heavy atom. The van der Waals surface area contributed by atoms with Gasteiger partial charge in [-0.15, -0.1) is 10.2 Å². The van der Waals surface area contributed by atoms with Crippen LogP contribution in [0, 0.1) is 5.82 Å². The van der Waals surface area contributed by atoms with E-state index < -0.39 is 30.5 Å². The lowest BCUT2D eigenvalue weighted by molar-refractivity contribution is -0.158. The molecule has 1 atom stereocenters. The molecular formula is C19H16F3N3O4. The lowest BCUT2D eigenvalue weighted by atomic mass is 10.2. The van der Waals surface area contributed by atoms with Gasteiger partial charge in [-0.25, -0.2) is 4.39 Å². The number of rotatable bonds is 7. The van der Waals surface area contributed by atoms with E-state index in [1.807, 2.05) is 0 Å². The van der Waals surface area contributed by atoms with Crippen molar-refractivity contribution in [2.45, 2.75) is 19.1 Å². The summed E-state index contributed by atoms with van der Waals surface area (Å²) in [5.74, 6) is -1.09. The summed E-state index contributed by atoms with van der Waals surface area (Å²) < 4.78 is 48.6. The number of nitrogens with zero attached hydrogens (tertiary/aromatic N) is 2. The van der Waals surface area contributed by atoms with Gasteiger partial charge in [-0.1, -0.05) is 0 Å². The SMILES string of the molecule is CC(F)(F)Oc1ccc(-c2nnc([C@H](CO)NC(=O)c3ccc(F)cc3)o2)cc1. The second kappa shape index (κ2) is 8.31. The number of alkyl halides is 2. The van der Waals surface area contributed by atoms with E-state index in [1.54, 1.807) is 0 Å². The van der Waals surface area contributed by atoms with Crippen molar-refractivity contribution >= 4 is 5.91 Å². The number of hydrogen-bond donors (Lipinski definition) is 2. The molecule has 0 fully saturated rings. The van der Waals surface area contributed by atoms with Crippen LogP contribution in [0.4, 0.5) is 13.2 Å². The van der Waals surface area contributed by atoms with Gasteiger partial charge in [0.05, 0.1) is 6.61 Å². The fourth-order valence-corrected chi connectivity index (χ4v) is 2.39. The molecule has 0 radical (unpaired) electrons. The third-order valence-electron chi connectivity index (χ3n) is 3.73. The van der Waals surface area contributed by atoms with Crippen molar-refractivity contribution in [2.75, 3.05) is 6.61 Å². The number of ether oxygens (including phenoxy) is 1. The zero-order valence-corrected chi connectivity index (χ0v) is 15.1. The molecule has 0 bridgehead atoms. The third kappa shape index (κ3) is 5.32. The van der Waals surface area contributed by atoms with Crippen LogP contribution in [-0.4, -0.2) is 33.9 Å². The van der Waals surface area contributed by atoms with Crippen LogP contribution < -0.4 is 10.1 Å². The Morgan fingerprint density at radius 2 is 1.83 bits per heavy atom. The van der Waals surface area contributed by atoms with Crippen LogP contribution in [0.3, 0.4) is 0 Å². The van der Waals surface area contributed by atoms with E-state index in [0.717, 1.165) is 12.1 Å². The maximum absolute atomic E-state index is 13.0. The van der Waals surface area contributed by atoms with Crippen molar-refractivity contribution in [3.8, 4) is 17.2 Å². The van der Waals surface area contributed by atoms with Crippen LogP contribution in [0.5, 0.6) is 5.75 Å². The highest BCUT2D eigenvalue weighted by molar-refractivity contribution is 5.94. The van der Waals surface area contributed by atoms with Crippen LogP contribution in [-0.2, 0) is 0 Å². The highest BCUT2D eigenvalue weighted by Gasteiger charge is 2.24. The van der Waals surface area contributed by atoms with Crippen molar-refractivity contribution in [1.29, 1.82) is 0 Å². The first-order valence-electron chi connectivity index (χ1n) is 8.43. The van der Waals surface area contributed by atoms with E-state index in [9.17, 15) is 23.1 Å². The highest BCUT2D eigenvalue weighted by atomic mass is 19.3. The molecule has 0 unspecified atom stereocenters. The minimum absolute atomic E-state index is 0.0409. The zero-order valence-electron chi connectivity index (χ0n) is 15.1. The minimum atomic E-state index is -3.31. The first-order chi connectivity index (χ1) is 13.7. The molecule has 1 heterocycles. The summed E-state index contributed by atoms with van der Waals surface area (Å²) in [7, 11) is 0. The van der Waals surface area contributed by atoms with Gasteiger partial charge in [-0.05, 0) is 48.5 Å². The van der Waals surface area contributed by atoms with Crippen molar-refractivity contribution in [3.63, 3.8) is 0 Å². The van der Waals surface area contributed by atoms with Gasteiger partial charge in [0.15, 0.2) is 0 Å². The molecule has 0 spiro atoms. The molecule has 0 aliphatic heterocycles. The predicted molar refractivity (Wildman–Crippen MR) is 94.7 cm³/mol. The Kier molecular flexibility index (Phi) is 5.83. The van der Waals surface area contributed by atoms with Crippen LogP contribution in [0.15, 0.2) is 52.9 Å². The Hall–Kier alpha value is -3.40. The molecule has 152 valence electrons. The molecule has 0 saturated carbocycles. The second-order valence-electron chi connectivity index (χ2n) is 6.10. The first-order valence-corrected chi connectivity index (χ1v) is 8.43. The summed E-state index contributed by atoms with van der Waals surface area (Å²) >= 11 is 0. The highest BCUT2D eigenvalue weighted by Crippen LogP contribution is 2.26. The Balaban J connectivity index is 1.71.